The lowest BCUT2D eigenvalue weighted by Gasteiger charge is -2.48. The van der Waals surface area contributed by atoms with Gasteiger partial charge in [-0.2, -0.15) is 0 Å². The molecular weight excluding hydrogens is 412 g/mol. The molecule has 1 saturated heterocycles. The van der Waals surface area contributed by atoms with Gasteiger partial charge in [-0.3, -0.25) is 4.79 Å². The van der Waals surface area contributed by atoms with Gasteiger partial charge < -0.3 is 19.3 Å². The maximum absolute atomic E-state index is 13.1. The van der Waals surface area contributed by atoms with Crippen LogP contribution < -0.4 is 9.64 Å². The minimum Gasteiger partial charge on any atom is -0.485 e. The Balaban J connectivity index is 1.66. The number of hydrogen-bond acceptors (Lipinski definition) is 5. The summed E-state index contributed by atoms with van der Waals surface area (Å²) in [5.41, 5.74) is 2.50. The van der Waals surface area contributed by atoms with Gasteiger partial charge in [-0.15, -0.1) is 0 Å². The van der Waals surface area contributed by atoms with E-state index >= 15 is 0 Å². The van der Waals surface area contributed by atoms with Crippen molar-refractivity contribution in [1.29, 1.82) is 0 Å². The van der Waals surface area contributed by atoms with Crippen LogP contribution in [0.1, 0.15) is 33.3 Å². The summed E-state index contributed by atoms with van der Waals surface area (Å²) in [5.74, 6) is 0.274. The van der Waals surface area contributed by atoms with Crippen LogP contribution in [0, 0.1) is 17.8 Å². The van der Waals surface area contributed by atoms with Crippen molar-refractivity contribution in [2.24, 2.45) is 17.8 Å². The standard InChI is InChI=1S/C28H34N2O3/c1-5-29(6-2)19-13-15-23-25(17-19)32-26-18-20(30(7-3)8-4)14-16-24(26)28(23)22-12-10-9-11-21(22)27(31)33-28/h9-18,21-23,25H,5-8H2,1-4H3. The second kappa shape index (κ2) is 8.44. The Morgan fingerprint density at radius 1 is 0.909 bits per heavy atom. The molecule has 2 aliphatic carbocycles. The lowest BCUT2D eigenvalue weighted by Crippen LogP contribution is -2.51. The number of ether oxygens (including phenoxy) is 2. The number of carbonyl (C=O) groups is 1. The predicted octanol–water partition coefficient (Wildman–Crippen LogP) is 4.82. The highest BCUT2D eigenvalue weighted by Gasteiger charge is 2.63. The summed E-state index contributed by atoms with van der Waals surface area (Å²) in [6, 6.07) is 6.40. The molecule has 0 saturated carbocycles. The first kappa shape index (κ1) is 21.9. The topological polar surface area (TPSA) is 42.0 Å². The zero-order valence-electron chi connectivity index (χ0n) is 20.0. The second-order valence-corrected chi connectivity index (χ2v) is 9.12. The number of anilines is 1. The molecule has 0 radical (unpaired) electrons. The molecule has 0 amide bonds. The third-order valence-electron chi connectivity index (χ3n) is 7.74. The molecule has 1 aromatic rings. The van der Waals surface area contributed by atoms with Crippen molar-refractivity contribution < 1.29 is 14.3 Å². The van der Waals surface area contributed by atoms with Crippen molar-refractivity contribution in [3.05, 3.63) is 72.0 Å². The third-order valence-corrected chi connectivity index (χ3v) is 7.74. The fraction of sp³-hybridized carbons (Fsp3) is 0.464. The van der Waals surface area contributed by atoms with E-state index in [4.69, 9.17) is 9.47 Å². The van der Waals surface area contributed by atoms with Crippen LogP contribution >= 0.6 is 0 Å². The normalized spacial score (nSPS) is 30.8. The van der Waals surface area contributed by atoms with Crippen molar-refractivity contribution in [3.8, 4) is 5.75 Å². The van der Waals surface area contributed by atoms with Gasteiger partial charge in [0.2, 0.25) is 0 Å². The molecule has 174 valence electrons. The molecule has 0 aromatic heterocycles. The summed E-state index contributed by atoms with van der Waals surface area (Å²) in [6.07, 6.45) is 14.5. The summed E-state index contributed by atoms with van der Waals surface area (Å²) in [7, 11) is 0. The molecule has 1 fully saturated rings. The van der Waals surface area contributed by atoms with E-state index < -0.39 is 5.60 Å². The van der Waals surface area contributed by atoms with Crippen LogP contribution in [0.5, 0.6) is 5.75 Å². The van der Waals surface area contributed by atoms with E-state index in [1.807, 2.05) is 18.2 Å². The summed E-state index contributed by atoms with van der Waals surface area (Å²) in [4.78, 5) is 17.7. The third kappa shape index (κ3) is 3.24. The van der Waals surface area contributed by atoms with Crippen LogP contribution in [0.25, 0.3) is 0 Å². The van der Waals surface area contributed by atoms with E-state index in [1.165, 1.54) is 5.70 Å². The first-order valence-corrected chi connectivity index (χ1v) is 12.4. The van der Waals surface area contributed by atoms with Gasteiger partial charge in [-0.25, -0.2) is 0 Å². The summed E-state index contributed by atoms with van der Waals surface area (Å²) >= 11 is 0. The number of esters is 1. The van der Waals surface area contributed by atoms with Crippen molar-refractivity contribution in [1.82, 2.24) is 4.90 Å². The fourth-order valence-corrected chi connectivity index (χ4v) is 6.05. The van der Waals surface area contributed by atoms with Gasteiger partial charge in [-0.1, -0.05) is 30.4 Å². The molecule has 5 atom stereocenters. The van der Waals surface area contributed by atoms with E-state index in [1.54, 1.807) is 0 Å². The Labute approximate surface area is 197 Å². The molecule has 5 unspecified atom stereocenters. The van der Waals surface area contributed by atoms with Crippen molar-refractivity contribution in [2.45, 2.75) is 39.4 Å². The van der Waals surface area contributed by atoms with E-state index in [0.29, 0.717) is 0 Å². The summed E-state index contributed by atoms with van der Waals surface area (Å²) < 4.78 is 13.1. The Kier molecular flexibility index (Phi) is 5.59. The van der Waals surface area contributed by atoms with Gasteiger partial charge in [0.1, 0.15) is 11.9 Å². The first-order chi connectivity index (χ1) is 16.1. The minimum atomic E-state index is -0.773. The average Bonchev–Trinajstić information content (AvgIpc) is 3.13. The molecule has 2 heterocycles. The van der Waals surface area contributed by atoms with E-state index in [0.717, 1.165) is 43.2 Å². The van der Waals surface area contributed by atoms with Crippen molar-refractivity contribution >= 4 is 11.7 Å². The predicted molar refractivity (Wildman–Crippen MR) is 131 cm³/mol. The second-order valence-electron chi connectivity index (χ2n) is 9.12. The number of allylic oxidation sites excluding steroid dienone is 3. The van der Waals surface area contributed by atoms with E-state index in [2.05, 4.69) is 80.0 Å². The van der Waals surface area contributed by atoms with E-state index in [9.17, 15) is 4.79 Å². The minimum absolute atomic E-state index is 0.0579. The van der Waals surface area contributed by atoms with Gasteiger partial charge in [0.15, 0.2) is 5.60 Å². The highest BCUT2D eigenvalue weighted by Crippen LogP contribution is 2.59. The number of rotatable bonds is 6. The smallest absolute Gasteiger partial charge is 0.314 e. The molecule has 0 bridgehead atoms. The van der Waals surface area contributed by atoms with Gasteiger partial charge in [0.05, 0.1) is 11.8 Å². The highest BCUT2D eigenvalue weighted by atomic mass is 16.6. The van der Waals surface area contributed by atoms with E-state index in [-0.39, 0.29) is 29.8 Å². The Morgan fingerprint density at radius 2 is 1.64 bits per heavy atom. The quantitative estimate of drug-likeness (QED) is 0.587. The number of benzene rings is 1. The number of fused-ring (bicyclic) bond motifs is 6. The zero-order chi connectivity index (χ0) is 23.2. The molecule has 0 N–H and O–H groups in total. The molecule has 1 spiro atoms. The van der Waals surface area contributed by atoms with Crippen LogP contribution in [-0.4, -0.2) is 43.2 Å². The summed E-state index contributed by atoms with van der Waals surface area (Å²) in [5, 5.41) is 0. The molecule has 2 aliphatic heterocycles. The number of likely N-dealkylation sites (N-methyl/N-ethyl adjacent to an activating group) is 1. The first-order valence-electron chi connectivity index (χ1n) is 12.4. The highest BCUT2D eigenvalue weighted by molar-refractivity contribution is 5.80. The largest absolute Gasteiger partial charge is 0.485 e. The number of hydrogen-bond donors (Lipinski definition) is 0. The maximum atomic E-state index is 13.1. The van der Waals surface area contributed by atoms with Gasteiger partial charge >= 0.3 is 5.97 Å². The van der Waals surface area contributed by atoms with Gasteiger partial charge in [0, 0.05) is 55.1 Å². The van der Waals surface area contributed by atoms with Crippen LogP contribution in [0.15, 0.2) is 66.4 Å². The maximum Gasteiger partial charge on any atom is 0.314 e. The molecule has 33 heavy (non-hydrogen) atoms. The monoisotopic (exact) mass is 446 g/mol. The van der Waals surface area contributed by atoms with Crippen LogP contribution in [0.4, 0.5) is 5.69 Å². The molecule has 5 nitrogen and oxygen atoms in total. The van der Waals surface area contributed by atoms with Gasteiger partial charge in [0.25, 0.3) is 0 Å². The van der Waals surface area contributed by atoms with Gasteiger partial charge in [-0.05, 0) is 52.0 Å². The fourth-order valence-electron chi connectivity index (χ4n) is 6.05. The Hall–Kier alpha value is -2.95. The van der Waals surface area contributed by atoms with Crippen molar-refractivity contribution in [3.63, 3.8) is 0 Å². The lowest BCUT2D eigenvalue weighted by molar-refractivity contribution is -0.159. The van der Waals surface area contributed by atoms with Crippen LogP contribution in [-0.2, 0) is 15.1 Å². The molecular formula is C28H34N2O3. The summed E-state index contributed by atoms with van der Waals surface area (Å²) in [6.45, 7) is 12.4. The van der Waals surface area contributed by atoms with Crippen LogP contribution in [0.3, 0.4) is 0 Å². The molecule has 1 aromatic carbocycles. The molecule has 4 aliphatic rings. The average molecular weight is 447 g/mol. The Bertz CT molecular complexity index is 1050. The number of nitrogens with zero attached hydrogens (tertiary/aromatic N) is 2. The molecule has 5 heteroatoms. The SMILES string of the molecule is CCN(CC)C1=CC2Oc3cc(N(CC)CC)ccc3C3(OC(=O)C4C=CC=CC43)C2C=C1. The number of carbonyl (C=O) groups excluding carboxylic acids is 1. The van der Waals surface area contributed by atoms with Crippen LogP contribution in [0.2, 0.25) is 0 Å². The van der Waals surface area contributed by atoms with Crippen molar-refractivity contribution in [2.75, 3.05) is 31.1 Å². The lowest BCUT2D eigenvalue weighted by atomic mass is 9.64. The Morgan fingerprint density at radius 3 is 2.36 bits per heavy atom. The molecule has 5 rings (SSSR count). The zero-order valence-corrected chi connectivity index (χ0v) is 20.0.